The topological polar surface area (TPSA) is 197 Å². The fourth-order valence-electron chi connectivity index (χ4n) is 16.1. The van der Waals surface area contributed by atoms with Gasteiger partial charge in [-0.25, -0.2) is 39.0 Å². The van der Waals surface area contributed by atoms with Crippen LogP contribution >= 0.6 is 0 Å². The van der Waals surface area contributed by atoms with Crippen LogP contribution in [0.15, 0.2) is 84.9 Å². The van der Waals surface area contributed by atoms with E-state index in [4.69, 9.17) is 0 Å². The molecule has 6 fully saturated rings. The second-order valence-corrected chi connectivity index (χ2v) is 28.0. The van der Waals surface area contributed by atoms with Gasteiger partial charge in [-0.05, 0) is 175 Å². The van der Waals surface area contributed by atoms with Crippen LogP contribution in [0.2, 0.25) is 0 Å². The highest BCUT2D eigenvalue weighted by molar-refractivity contribution is 7.88. The van der Waals surface area contributed by atoms with Crippen LogP contribution < -0.4 is 10.6 Å². The average Bonchev–Trinajstić information content (AvgIpc) is 2.78. The number of hydrogen-bond acceptors (Lipinski definition) is 11. The molecule has 19 heteroatoms. The predicted molar refractivity (Wildman–Crippen MR) is 293 cm³/mol. The first-order valence-electron chi connectivity index (χ1n) is 27.4. The first-order chi connectivity index (χ1) is 36.9. The molecule has 10 rings (SSSR count). The maximum atomic E-state index is 17.8. The van der Waals surface area contributed by atoms with Gasteiger partial charge in [-0.3, -0.25) is 9.59 Å². The van der Waals surface area contributed by atoms with Crippen molar-refractivity contribution in [1.82, 2.24) is 29.0 Å². The molecule has 2 aliphatic carbocycles. The Morgan fingerprint density at radius 3 is 1.36 bits per heavy atom. The Morgan fingerprint density at radius 2 is 1.01 bits per heavy atom. The molecule has 0 aromatic heterocycles. The number of nitrogens with zero attached hydrogens (tertiary/aromatic N) is 4. The molecule has 78 heavy (non-hydrogen) atoms. The van der Waals surface area contributed by atoms with E-state index in [-0.39, 0.29) is 97.6 Å². The van der Waals surface area contributed by atoms with E-state index in [1.165, 1.54) is 59.1 Å². The van der Waals surface area contributed by atoms with Crippen molar-refractivity contribution in [3.05, 3.63) is 130 Å². The number of aromatic hydroxyl groups is 2. The van der Waals surface area contributed by atoms with Crippen LogP contribution in [-0.2, 0) is 30.9 Å². The molecule has 0 radical (unpaired) electrons. The molecule has 4 bridgehead atoms. The third-order valence-electron chi connectivity index (χ3n) is 19.6. The van der Waals surface area contributed by atoms with Gasteiger partial charge in [-0.15, -0.1) is 0 Å². The summed E-state index contributed by atoms with van der Waals surface area (Å²) in [6.45, 7) is 5.57. The number of nitrogens with one attached hydrogen (secondary N) is 2. The number of urea groups is 1. The number of halogens is 2. The standard InChI is InChI=1S/C59H74F2N6O9S2/c1-37-45(19-9-21-49(37)60)58-35-56(23-27-64(3)77(5,73)74,31-47(58)51(70)39-13-7-17-43(68)29-39)66(53(58)41-15-11-25-62-33-41)55(72)67-54(42-16-12-26-63-34-42)59(46-20-10-22-50(61)38(46)2)36-57(67,24-28-65(4)78(6,75)76)32-48(59)52(71)40-14-8-18-44(69)30-40/h7-10,13-14,17-22,29-30,41-42,47-48,53-54,62-63,68-69H,11-12,15-16,23-28,31-36H2,1-6H3. The Morgan fingerprint density at radius 1 is 0.628 bits per heavy atom. The molecular formula is C59H74F2N6O9S2. The number of piperidine rings is 4. The van der Waals surface area contributed by atoms with Crippen molar-refractivity contribution in [2.45, 2.75) is 112 Å². The van der Waals surface area contributed by atoms with Crippen LogP contribution in [0, 0.1) is 49.2 Å². The molecule has 2 saturated carbocycles. The highest BCUT2D eigenvalue weighted by Gasteiger charge is 2.78. The number of amides is 2. The largest absolute Gasteiger partial charge is 0.508 e. The number of carbonyl (C=O) groups excluding carboxylic acids is 3. The van der Waals surface area contributed by atoms with Gasteiger partial charge in [0.1, 0.15) is 23.1 Å². The first-order valence-corrected chi connectivity index (χ1v) is 31.1. The normalized spacial score (nSPS) is 30.9. The molecule has 4 aromatic carbocycles. The Hall–Kier alpha value is -5.31. The smallest absolute Gasteiger partial charge is 0.321 e. The summed E-state index contributed by atoms with van der Waals surface area (Å²) in [7, 11) is -4.61. The van der Waals surface area contributed by atoms with Crippen molar-refractivity contribution in [3.63, 3.8) is 0 Å². The van der Waals surface area contributed by atoms with Crippen LogP contribution in [0.25, 0.3) is 0 Å². The van der Waals surface area contributed by atoms with Crippen molar-refractivity contribution >= 4 is 37.6 Å². The number of Topliss-reactive ketones (excluding diaryl/α,β-unsaturated/α-hetero) is 2. The maximum Gasteiger partial charge on any atom is 0.321 e. The second kappa shape index (κ2) is 20.7. The van der Waals surface area contributed by atoms with Gasteiger partial charge in [0, 0.05) is 84.1 Å². The number of rotatable bonds is 16. The van der Waals surface area contributed by atoms with Gasteiger partial charge < -0.3 is 30.6 Å². The lowest BCUT2D eigenvalue weighted by atomic mass is 9.60. The van der Waals surface area contributed by atoms with E-state index in [2.05, 4.69) is 10.6 Å². The third kappa shape index (κ3) is 9.25. The minimum absolute atomic E-state index is 0.0449. The van der Waals surface area contributed by atoms with E-state index in [1.807, 2.05) is 21.9 Å². The van der Waals surface area contributed by atoms with Crippen molar-refractivity contribution < 1.29 is 50.2 Å². The zero-order valence-corrected chi connectivity index (χ0v) is 47.1. The number of fused-ring (bicyclic) bond motifs is 4. The first kappa shape index (κ1) is 56.0. The van der Waals surface area contributed by atoms with Crippen LogP contribution in [0.3, 0.4) is 0 Å². The molecule has 2 amide bonds. The molecule has 0 spiro atoms. The van der Waals surface area contributed by atoms with Crippen molar-refractivity contribution in [2.75, 3.05) is 65.9 Å². The Kier molecular flexibility index (Phi) is 14.8. The number of benzene rings is 4. The van der Waals surface area contributed by atoms with E-state index in [1.54, 1.807) is 50.2 Å². The van der Waals surface area contributed by atoms with Gasteiger partial charge in [-0.2, -0.15) is 0 Å². The zero-order chi connectivity index (χ0) is 55.9. The van der Waals surface area contributed by atoms with Crippen LogP contribution in [0.4, 0.5) is 13.6 Å². The van der Waals surface area contributed by atoms with Gasteiger partial charge in [0.25, 0.3) is 0 Å². The lowest BCUT2D eigenvalue weighted by Crippen LogP contribution is -2.71. The van der Waals surface area contributed by atoms with Crippen molar-refractivity contribution in [2.24, 2.45) is 23.7 Å². The van der Waals surface area contributed by atoms with Crippen molar-refractivity contribution in [3.8, 4) is 11.5 Å². The van der Waals surface area contributed by atoms with Gasteiger partial charge in [0.2, 0.25) is 20.0 Å². The summed E-state index contributed by atoms with van der Waals surface area (Å²) in [5.74, 6) is -4.25. The number of ketones is 2. The van der Waals surface area contributed by atoms with Crippen molar-refractivity contribution in [1.29, 1.82) is 0 Å². The lowest BCUT2D eigenvalue weighted by Gasteiger charge is -2.58. The molecule has 4 heterocycles. The molecule has 4 aliphatic heterocycles. The molecule has 4 N–H and O–H groups in total. The van der Waals surface area contributed by atoms with Crippen LogP contribution in [-0.4, -0.2) is 152 Å². The summed E-state index contributed by atoms with van der Waals surface area (Å²) in [6, 6.07) is 20.0. The Bertz CT molecular complexity index is 3040. The van der Waals surface area contributed by atoms with E-state index >= 15 is 23.2 Å². The molecule has 10 unspecified atom stereocenters. The van der Waals surface area contributed by atoms with E-state index in [0.717, 1.165) is 25.4 Å². The lowest BCUT2D eigenvalue weighted by molar-refractivity contribution is -0.0322. The van der Waals surface area contributed by atoms with E-state index in [0.29, 0.717) is 61.3 Å². The highest BCUT2D eigenvalue weighted by atomic mass is 32.2. The Balaban J connectivity index is 1.27. The average molecular weight is 1110 g/mol. The number of sulfonamides is 2. The summed E-state index contributed by atoms with van der Waals surface area (Å²) in [6.07, 6.45) is 5.50. The third-order valence-corrected chi connectivity index (χ3v) is 22.2. The van der Waals surface area contributed by atoms with E-state index < -0.39 is 83.5 Å². The molecule has 4 aromatic rings. The zero-order valence-electron chi connectivity index (χ0n) is 45.5. The molecule has 420 valence electrons. The predicted octanol–water partition coefficient (Wildman–Crippen LogP) is 7.28. The highest BCUT2D eigenvalue weighted by Crippen LogP contribution is 2.70. The monoisotopic (exact) mass is 1110 g/mol. The van der Waals surface area contributed by atoms with Crippen LogP contribution in [0.5, 0.6) is 11.5 Å². The molecule has 10 atom stereocenters. The van der Waals surface area contributed by atoms with Gasteiger partial charge >= 0.3 is 6.03 Å². The summed E-state index contributed by atoms with van der Waals surface area (Å²) >= 11 is 0. The number of hydrogen-bond donors (Lipinski definition) is 4. The number of carbonyl (C=O) groups is 3. The van der Waals surface area contributed by atoms with Crippen LogP contribution in [0.1, 0.15) is 107 Å². The van der Waals surface area contributed by atoms with E-state index in [9.17, 15) is 27.0 Å². The molecule has 6 aliphatic rings. The quantitative estimate of drug-likeness (QED) is 0.0823. The Labute approximate surface area is 457 Å². The second-order valence-electron chi connectivity index (χ2n) is 23.8. The molecule has 4 saturated heterocycles. The maximum absolute atomic E-state index is 17.8. The molecular weight excluding hydrogens is 1040 g/mol. The summed E-state index contributed by atoms with van der Waals surface area (Å²) in [4.78, 5) is 53.2. The van der Waals surface area contributed by atoms with Gasteiger partial charge in [0.15, 0.2) is 11.6 Å². The molecule has 15 nitrogen and oxygen atoms in total. The summed E-state index contributed by atoms with van der Waals surface area (Å²) in [5, 5.41) is 28.8. The fourth-order valence-corrected chi connectivity index (χ4v) is 17.0. The summed E-state index contributed by atoms with van der Waals surface area (Å²) < 4.78 is 89.2. The summed E-state index contributed by atoms with van der Waals surface area (Å²) in [5.41, 5.74) is -2.88. The number of likely N-dealkylation sites (tertiary alicyclic amines) is 2. The SMILES string of the molecule is Cc1c(F)cccc1C12CC(CCN(C)S(C)(=O)=O)(CC1C(=O)c1cccc(O)c1)N(C(=O)N1C(C3CCCNC3)C3(c4cccc(F)c4C)CC1(CCN(C)S(C)(=O)=O)CC3C(=O)c1cccc(O)c1)C2C1CCCNC1. The minimum atomic E-state index is -3.79. The number of phenolic OH excluding ortho intramolecular Hbond substituents is 2. The van der Waals surface area contributed by atoms with Gasteiger partial charge in [-0.1, -0.05) is 48.5 Å². The minimum Gasteiger partial charge on any atom is -0.508 e. The van der Waals surface area contributed by atoms with Gasteiger partial charge in [0.05, 0.1) is 12.5 Å². The fraction of sp³-hybridized carbons (Fsp3) is 0.542. The number of phenols is 2.